The Morgan fingerprint density at radius 3 is 2.67 bits per heavy atom. The summed E-state index contributed by atoms with van der Waals surface area (Å²) in [4.78, 5) is 11.6. The van der Waals surface area contributed by atoms with Crippen molar-refractivity contribution in [3.63, 3.8) is 0 Å². The summed E-state index contributed by atoms with van der Waals surface area (Å²) in [6, 6.07) is 14.5. The average Bonchev–Trinajstić information content (AvgIpc) is 3.54. The number of benzene rings is 1. The molecule has 0 amide bonds. The van der Waals surface area contributed by atoms with Gasteiger partial charge in [0.05, 0.1) is 24.5 Å². The second-order valence-corrected chi connectivity index (χ2v) is 8.02. The van der Waals surface area contributed by atoms with Crippen molar-refractivity contribution in [2.75, 3.05) is 26.7 Å². The van der Waals surface area contributed by atoms with Gasteiger partial charge >= 0.3 is 0 Å². The fraction of sp³-hybridized carbons (Fsp3) is 0.364. The molecule has 160 valence electrons. The predicted octanol–water partition coefficient (Wildman–Crippen LogP) is 4.52. The zero-order chi connectivity index (χ0) is 19.9. The van der Waals surface area contributed by atoms with E-state index in [1.54, 1.807) is 24.6 Å². The van der Waals surface area contributed by atoms with Crippen LogP contribution in [0.1, 0.15) is 29.7 Å². The molecule has 1 atom stereocenters. The molecule has 2 N–H and O–H groups in total. The zero-order valence-electron chi connectivity index (χ0n) is 17.1. The van der Waals surface area contributed by atoms with E-state index in [-0.39, 0.29) is 30.0 Å². The second-order valence-electron chi connectivity index (χ2n) is 7.07. The quantitative estimate of drug-likeness (QED) is 0.264. The Balaban J connectivity index is 0.00000256. The minimum absolute atomic E-state index is 0. The maximum Gasteiger partial charge on any atom is 0.191 e. The molecule has 0 bridgehead atoms. The first kappa shape index (κ1) is 22.8. The highest BCUT2D eigenvalue weighted by molar-refractivity contribution is 14.0. The van der Waals surface area contributed by atoms with Crippen LogP contribution in [0.5, 0.6) is 0 Å². The molecule has 1 aliphatic heterocycles. The Morgan fingerprint density at radius 1 is 1.17 bits per heavy atom. The van der Waals surface area contributed by atoms with E-state index in [4.69, 9.17) is 9.40 Å². The first-order chi connectivity index (χ1) is 14.3. The van der Waals surface area contributed by atoms with Gasteiger partial charge in [-0.2, -0.15) is 0 Å². The first-order valence-electron chi connectivity index (χ1n) is 10.1. The molecular weight excluding hydrogens is 509 g/mol. The molecule has 0 spiro atoms. The van der Waals surface area contributed by atoms with Crippen molar-refractivity contribution in [1.82, 2.24) is 20.5 Å². The van der Waals surface area contributed by atoms with Crippen LogP contribution in [0.15, 0.2) is 63.5 Å². The number of hydrogen-bond donors (Lipinski definition) is 2. The minimum atomic E-state index is 0. The Labute approximate surface area is 198 Å². The number of furan rings is 1. The van der Waals surface area contributed by atoms with Gasteiger partial charge in [-0.1, -0.05) is 30.3 Å². The Morgan fingerprint density at radius 2 is 1.97 bits per heavy atom. The highest BCUT2D eigenvalue weighted by Gasteiger charge is 2.25. The van der Waals surface area contributed by atoms with Crippen molar-refractivity contribution in [2.24, 2.45) is 4.99 Å². The van der Waals surface area contributed by atoms with Gasteiger partial charge in [0.15, 0.2) is 5.96 Å². The van der Waals surface area contributed by atoms with Gasteiger partial charge < -0.3 is 15.1 Å². The highest BCUT2D eigenvalue weighted by Crippen LogP contribution is 2.25. The fourth-order valence-electron chi connectivity index (χ4n) is 3.65. The van der Waals surface area contributed by atoms with Gasteiger partial charge in [-0.3, -0.25) is 9.89 Å². The van der Waals surface area contributed by atoms with Crippen LogP contribution >= 0.6 is 35.3 Å². The molecule has 1 aliphatic rings. The van der Waals surface area contributed by atoms with E-state index in [0.717, 1.165) is 47.6 Å². The van der Waals surface area contributed by atoms with Gasteiger partial charge in [0, 0.05) is 24.5 Å². The van der Waals surface area contributed by atoms with Crippen LogP contribution in [-0.4, -0.2) is 42.5 Å². The van der Waals surface area contributed by atoms with E-state index in [1.165, 1.54) is 12.8 Å². The van der Waals surface area contributed by atoms with Crippen LogP contribution in [0.3, 0.4) is 0 Å². The summed E-state index contributed by atoms with van der Waals surface area (Å²) < 4.78 is 5.70. The number of nitrogens with one attached hydrogen (secondary N) is 2. The maximum absolute atomic E-state index is 5.70. The number of likely N-dealkylation sites (tertiary alicyclic amines) is 1. The van der Waals surface area contributed by atoms with E-state index in [2.05, 4.69) is 44.1 Å². The average molecular weight is 537 g/mol. The highest BCUT2D eigenvalue weighted by atomic mass is 127. The fourth-order valence-corrected chi connectivity index (χ4v) is 4.39. The predicted molar refractivity (Wildman–Crippen MR) is 133 cm³/mol. The smallest absolute Gasteiger partial charge is 0.191 e. The normalized spacial score (nSPS) is 15.6. The Bertz CT molecular complexity index is 907. The van der Waals surface area contributed by atoms with Crippen molar-refractivity contribution in [3.8, 4) is 11.3 Å². The lowest BCUT2D eigenvalue weighted by Crippen LogP contribution is -2.42. The molecule has 4 rings (SSSR count). The van der Waals surface area contributed by atoms with E-state index in [0.29, 0.717) is 6.54 Å². The molecule has 1 saturated heterocycles. The third-order valence-electron chi connectivity index (χ3n) is 5.17. The number of hydrogen-bond acceptors (Lipinski definition) is 5. The Hall–Kier alpha value is -1.91. The number of aromatic nitrogens is 1. The third kappa shape index (κ3) is 5.83. The minimum Gasteiger partial charge on any atom is -0.468 e. The molecule has 1 aromatic carbocycles. The van der Waals surface area contributed by atoms with Crippen molar-refractivity contribution in [3.05, 3.63) is 64.9 Å². The van der Waals surface area contributed by atoms with Gasteiger partial charge in [0.1, 0.15) is 10.8 Å². The lowest BCUT2D eigenvalue weighted by molar-refractivity contribution is 0.215. The third-order valence-corrected chi connectivity index (χ3v) is 6.02. The molecular formula is C22H28IN5OS. The van der Waals surface area contributed by atoms with Gasteiger partial charge in [-0.15, -0.1) is 35.3 Å². The second kappa shape index (κ2) is 11.5. The summed E-state index contributed by atoms with van der Waals surface area (Å²) >= 11 is 1.66. The molecule has 1 fully saturated rings. The number of guanidine groups is 1. The summed E-state index contributed by atoms with van der Waals surface area (Å²) in [5.41, 5.74) is 2.16. The molecule has 0 radical (unpaired) electrons. The Kier molecular flexibility index (Phi) is 8.71. The lowest BCUT2D eigenvalue weighted by Gasteiger charge is -2.26. The monoisotopic (exact) mass is 537 g/mol. The molecule has 0 aliphatic carbocycles. The van der Waals surface area contributed by atoms with E-state index in [9.17, 15) is 0 Å². The summed E-state index contributed by atoms with van der Waals surface area (Å²) in [7, 11) is 1.80. The summed E-state index contributed by atoms with van der Waals surface area (Å²) in [5, 5.41) is 9.97. The van der Waals surface area contributed by atoms with E-state index in [1.807, 2.05) is 24.3 Å². The summed E-state index contributed by atoms with van der Waals surface area (Å²) in [6.07, 6.45) is 4.24. The molecule has 2 aromatic heterocycles. The summed E-state index contributed by atoms with van der Waals surface area (Å²) in [5.74, 6) is 1.78. The van der Waals surface area contributed by atoms with E-state index < -0.39 is 0 Å². The van der Waals surface area contributed by atoms with Gasteiger partial charge in [0.25, 0.3) is 0 Å². The molecule has 3 aromatic rings. The number of thiazole rings is 1. The number of nitrogens with zero attached hydrogens (tertiary/aromatic N) is 3. The van der Waals surface area contributed by atoms with Crippen molar-refractivity contribution in [1.29, 1.82) is 0 Å². The van der Waals surface area contributed by atoms with Crippen molar-refractivity contribution >= 4 is 41.3 Å². The summed E-state index contributed by atoms with van der Waals surface area (Å²) in [6.45, 7) is 3.62. The largest absolute Gasteiger partial charge is 0.468 e. The topological polar surface area (TPSA) is 65.7 Å². The molecule has 1 unspecified atom stereocenters. The van der Waals surface area contributed by atoms with Gasteiger partial charge in [-0.05, 0) is 38.1 Å². The number of aliphatic imine (C=N–C) groups is 1. The molecule has 8 heteroatoms. The van der Waals surface area contributed by atoms with Crippen molar-refractivity contribution in [2.45, 2.75) is 25.4 Å². The zero-order valence-corrected chi connectivity index (χ0v) is 20.2. The first-order valence-corrected chi connectivity index (χ1v) is 10.9. The maximum atomic E-state index is 5.70. The van der Waals surface area contributed by atoms with Crippen LogP contribution in [0.2, 0.25) is 0 Å². The molecule has 3 heterocycles. The van der Waals surface area contributed by atoms with Crippen LogP contribution in [0, 0.1) is 0 Å². The van der Waals surface area contributed by atoms with Gasteiger partial charge in [-0.25, -0.2) is 4.98 Å². The molecule has 0 saturated carbocycles. The number of rotatable bonds is 7. The van der Waals surface area contributed by atoms with Crippen LogP contribution < -0.4 is 10.6 Å². The number of halogens is 1. The van der Waals surface area contributed by atoms with Crippen molar-refractivity contribution < 1.29 is 4.42 Å². The van der Waals surface area contributed by atoms with Crippen LogP contribution in [0.25, 0.3) is 11.3 Å². The molecule has 30 heavy (non-hydrogen) atoms. The van der Waals surface area contributed by atoms with Crippen LogP contribution in [-0.2, 0) is 6.54 Å². The van der Waals surface area contributed by atoms with E-state index >= 15 is 0 Å². The van der Waals surface area contributed by atoms with Gasteiger partial charge in [0.2, 0.25) is 0 Å². The van der Waals surface area contributed by atoms with Crippen LogP contribution in [0.4, 0.5) is 0 Å². The standard InChI is InChI=1S/C22H27N5OS.HI/c1-23-22(24-14-19(20-10-7-13-28-20)27-11-5-6-12-27)25-15-21-26-18(16-29-21)17-8-3-2-4-9-17;/h2-4,7-10,13,16,19H,5-6,11-12,14-15H2,1H3,(H2,23,24,25);1H. The lowest BCUT2D eigenvalue weighted by atomic mass is 10.2. The SMILES string of the molecule is CN=C(NCc1nc(-c2ccccc2)cs1)NCC(c1ccco1)N1CCCC1.I. The molecule has 6 nitrogen and oxygen atoms in total.